The van der Waals surface area contributed by atoms with Crippen LogP contribution in [0.1, 0.15) is 22.2 Å². The van der Waals surface area contributed by atoms with E-state index in [-0.39, 0.29) is 5.78 Å². The first-order valence-electron chi connectivity index (χ1n) is 4.97. The Morgan fingerprint density at radius 2 is 2.44 bits per heavy atom. The van der Waals surface area contributed by atoms with Gasteiger partial charge in [0.25, 0.3) is 0 Å². The number of carbonyl (C=O) groups is 1. The molecule has 3 nitrogen and oxygen atoms in total. The number of Topliss-reactive ketones (excluding diaryl/α,β-unsaturated/α-hetero) is 1. The van der Waals surface area contributed by atoms with Gasteiger partial charge in [-0.05, 0) is 34.5 Å². The summed E-state index contributed by atoms with van der Waals surface area (Å²) in [6.07, 6.45) is 4.09. The molecule has 2 heterocycles. The van der Waals surface area contributed by atoms with Gasteiger partial charge < -0.3 is 0 Å². The third-order valence-electron chi connectivity index (χ3n) is 2.22. The Morgan fingerprint density at radius 3 is 3.00 bits per heavy atom. The van der Waals surface area contributed by atoms with Gasteiger partial charge in [0.05, 0.1) is 11.1 Å². The van der Waals surface area contributed by atoms with E-state index in [1.807, 2.05) is 29.2 Å². The van der Waals surface area contributed by atoms with E-state index in [2.05, 4.69) is 21.0 Å². The Labute approximate surface area is 106 Å². The summed E-state index contributed by atoms with van der Waals surface area (Å²) < 4.78 is 2.79. The van der Waals surface area contributed by atoms with Crippen molar-refractivity contribution in [3.8, 4) is 0 Å². The summed E-state index contributed by atoms with van der Waals surface area (Å²) in [5.74, 6) is 0.145. The Balaban J connectivity index is 2.07. The van der Waals surface area contributed by atoms with Crippen LogP contribution in [0.2, 0.25) is 0 Å². The average molecular weight is 299 g/mol. The lowest BCUT2D eigenvalue weighted by Gasteiger charge is -1.94. The molecule has 0 unspecified atom stereocenters. The monoisotopic (exact) mass is 298 g/mol. The van der Waals surface area contributed by atoms with E-state index in [0.717, 1.165) is 21.5 Å². The van der Waals surface area contributed by atoms with Crippen LogP contribution in [-0.4, -0.2) is 15.6 Å². The summed E-state index contributed by atoms with van der Waals surface area (Å²) in [4.78, 5) is 12.7. The first kappa shape index (κ1) is 11.5. The third-order valence-corrected chi connectivity index (χ3v) is 3.95. The second kappa shape index (κ2) is 4.93. The molecule has 5 heteroatoms. The molecule has 0 amide bonds. The van der Waals surface area contributed by atoms with Gasteiger partial charge in [0.1, 0.15) is 0 Å². The summed E-state index contributed by atoms with van der Waals surface area (Å²) in [6, 6.07) is 1.86. The summed E-state index contributed by atoms with van der Waals surface area (Å²) >= 11 is 4.81. The minimum atomic E-state index is 0.145. The van der Waals surface area contributed by atoms with E-state index in [9.17, 15) is 4.79 Å². The minimum absolute atomic E-state index is 0.145. The van der Waals surface area contributed by atoms with Gasteiger partial charge in [0.15, 0.2) is 5.78 Å². The molecule has 0 radical (unpaired) electrons. The molecule has 0 aliphatic rings. The molecule has 0 spiro atoms. The van der Waals surface area contributed by atoms with Gasteiger partial charge in [-0.15, -0.1) is 11.3 Å². The van der Waals surface area contributed by atoms with E-state index < -0.39 is 0 Å². The average Bonchev–Trinajstić information content (AvgIpc) is 2.87. The van der Waals surface area contributed by atoms with Crippen molar-refractivity contribution in [2.75, 3.05) is 0 Å². The van der Waals surface area contributed by atoms with Gasteiger partial charge in [-0.3, -0.25) is 9.48 Å². The summed E-state index contributed by atoms with van der Waals surface area (Å²) in [6.45, 7) is 2.85. The SMILES string of the molecule is CCn1cc(CC(=O)c2cc(Br)cs2)cn1. The van der Waals surface area contributed by atoms with Crippen molar-refractivity contribution in [2.24, 2.45) is 0 Å². The molecule has 0 aliphatic heterocycles. The Kier molecular flexibility index (Phi) is 3.56. The maximum atomic E-state index is 11.9. The van der Waals surface area contributed by atoms with Crippen LogP contribution < -0.4 is 0 Å². The van der Waals surface area contributed by atoms with Crippen LogP contribution in [-0.2, 0) is 13.0 Å². The van der Waals surface area contributed by atoms with Crippen LogP contribution in [0.5, 0.6) is 0 Å². The molecule has 0 saturated carbocycles. The standard InChI is InChI=1S/C11H11BrN2OS/c1-2-14-6-8(5-13-14)3-10(15)11-4-9(12)7-16-11/h4-7H,2-3H2,1H3. The fourth-order valence-electron chi connectivity index (χ4n) is 1.40. The fourth-order valence-corrected chi connectivity index (χ4v) is 2.77. The quantitative estimate of drug-likeness (QED) is 0.813. The molecule has 84 valence electrons. The van der Waals surface area contributed by atoms with Gasteiger partial charge in [0, 0.05) is 29.0 Å². The zero-order valence-electron chi connectivity index (χ0n) is 8.81. The molecule has 2 aromatic heterocycles. The minimum Gasteiger partial charge on any atom is -0.293 e. The highest BCUT2D eigenvalue weighted by molar-refractivity contribution is 9.10. The topological polar surface area (TPSA) is 34.9 Å². The third kappa shape index (κ3) is 2.59. The second-order valence-electron chi connectivity index (χ2n) is 3.43. The molecule has 0 N–H and O–H groups in total. The van der Waals surface area contributed by atoms with Crippen LogP contribution in [0.3, 0.4) is 0 Å². The first-order chi connectivity index (χ1) is 7.69. The maximum absolute atomic E-state index is 11.9. The highest BCUT2D eigenvalue weighted by atomic mass is 79.9. The van der Waals surface area contributed by atoms with Crippen LogP contribution >= 0.6 is 27.3 Å². The van der Waals surface area contributed by atoms with Gasteiger partial charge in [0.2, 0.25) is 0 Å². The zero-order valence-corrected chi connectivity index (χ0v) is 11.2. The normalized spacial score (nSPS) is 10.6. The van der Waals surface area contributed by atoms with Crippen molar-refractivity contribution in [1.82, 2.24) is 9.78 Å². The van der Waals surface area contributed by atoms with Crippen molar-refractivity contribution in [3.63, 3.8) is 0 Å². The summed E-state index contributed by atoms with van der Waals surface area (Å²) in [5, 5.41) is 6.06. The van der Waals surface area contributed by atoms with Crippen LogP contribution in [0.15, 0.2) is 28.3 Å². The maximum Gasteiger partial charge on any atom is 0.177 e. The summed E-state index contributed by atoms with van der Waals surface area (Å²) in [7, 11) is 0. The van der Waals surface area contributed by atoms with Crippen molar-refractivity contribution >= 4 is 33.0 Å². The Morgan fingerprint density at radius 1 is 1.62 bits per heavy atom. The molecular formula is C11H11BrN2OS. The number of hydrogen-bond acceptors (Lipinski definition) is 3. The summed E-state index contributed by atoms with van der Waals surface area (Å²) in [5.41, 5.74) is 0.969. The van der Waals surface area contributed by atoms with Crippen molar-refractivity contribution in [1.29, 1.82) is 0 Å². The molecule has 2 rings (SSSR count). The zero-order chi connectivity index (χ0) is 11.5. The van der Waals surface area contributed by atoms with E-state index in [1.165, 1.54) is 11.3 Å². The molecule has 0 fully saturated rings. The highest BCUT2D eigenvalue weighted by Gasteiger charge is 2.10. The van der Waals surface area contributed by atoms with Crippen LogP contribution in [0.25, 0.3) is 0 Å². The second-order valence-corrected chi connectivity index (χ2v) is 5.26. The largest absolute Gasteiger partial charge is 0.293 e. The number of hydrogen-bond donors (Lipinski definition) is 0. The van der Waals surface area contributed by atoms with Gasteiger partial charge in [-0.2, -0.15) is 5.10 Å². The number of thiophene rings is 1. The molecular weight excluding hydrogens is 288 g/mol. The fraction of sp³-hybridized carbons (Fsp3) is 0.273. The molecule has 0 atom stereocenters. The molecule has 0 saturated heterocycles. The number of rotatable bonds is 4. The molecule has 0 aliphatic carbocycles. The predicted molar refractivity (Wildman–Crippen MR) is 68.0 cm³/mol. The van der Waals surface area contributed by atoms with Crippen LogP contribution in [0.4, 0.5) is 0 Å². The predicted octanol–water partition coefficient (Wildman–Crippen LogP) is 3.15. The number of nitrogens with zero attached hydrogens (tertiary/aromatic N) is 2. The molecule has 2 aromatic rings. The van der Waals surface area contributed by atoms with Crippen molar-refractivity contribution in [2.45, 2.75) is 19.9 Å². The van der Waals surface area contributed by atoms with Crippen molar-refractivity contribution < 1.29 is 4.79 Å². The number of ketones is 1. The van der Waals surface area contributed by atoms with E-state index >= 15 is 0 Å². The van der Waals surface area contributed by atoms with Gasteiger partial charge in [-0.25, -0.2) is 0 Å². The van der Waals surface area contributed by atoms with Gasteiger partial charge >= 0.3 is 0 Å². The number of halogens is 1. The first-order valence-corrected chi connectivity index (χ1v) is 6.65. The number of carbonyl (C=O) groups excluding carboxylic acids is 1. The lowest BCUT2D eigenvalue weighted by atomic mass is 10.1. The molecule has 16 heavy (non-hydrogen) atoms. The Bertz CT molecular complexity index is 504. The van der Waals surface area contributed by atoms with Gasteiger partial charge in [-0.1, -0.05) is 0 Å². The van der Waals surface area contributed by atoms with E-state index in [0.29, 0.717) is 6.42 Å². The van der Waals surface area contributed by atoms with E-state index in [1.54, 1.807) is 6.20 Å². The smallest absolute Gasteiger partial charge is 0.177 e. The Hall–Kier alpha value is -0.940. The van der Waals surface area contributed by atoms with Crippen LogP contribution in [0, 0.1) is 0 Å². The van der Waals surface area contributed by atoms with Crippen molar-refractivity contribution in [3.05, 3.63) is 38.8 Å². The van der Waals surface area contributed by atoms with E-state index in [4.69, 9.17) is 0 Å². The molecule has 0 aromatic carbocycles. The number of aryl methyl sites for hydroxylation is 1. The number of aromatic nitrogens is 2. The lowest BCUT2D eigenvalue weighted by molar-refractivity contribution is 0.0997. The highest BCUT2D eigenvalue weighted by Crippen LogP contribution is 2.21. The molecule has 0 bridgehead atoms. The lowest BCUT2D eigenvalue weighted by Crippen LogP contribution is -2.00.